The molecular weight excluding hydrogens is 248 g/mol. The Morgan fingerprint density at radius 2 is 2.20 bits per heavy atom. The number of hydrogen-bond acceptors (Lipinski definition) is 3. The van der Waals surface area contributed by atoms with Gasteiger partial charge in [0.1, 0.15) is 0 Å². The van der Waals surface area contributed by atoms with Gasteiger partial charge in [0.25, 0.3) is 0 Å². The van der Waals surface area contributed by atoms with Gasteiger partial charge in [0, 0.05) is 32.4 Å². The van der Waals surface area contributed by atoms with E-state index in [0.29, 0.717) is 12.0 Å². The van der Waals surface area contributed by atoms with Crippen molar-refractivity contribution < 1.29 is 4.74 Å². The largest absolute Gasteiger partial charge is 0.380 e. The summed E-state index contributed by atoms with van der Waals surface area (Å²) < 4.78 is 5.48. The maximum Gasteiger partial charge on any atom is 0.0762 e. The van der Waals surface area contributed by atoms with E-state index in [0.717, 1.165) is 32.6 Å². The maximum absolute atomic E-state index is 5.48. The summed E-state index contributed by atoms with van der Waals surface area (Å²) in [6.45, 7) is 10.8. The standard InChI is InChI=1S/C17H28N2O/c1-13(2)10-18-11-15-9-14(3)5-6-17(15)19-8-7-16(12-19)20-4/h5-6,9,13,16,18H,7-8,10-12H2,1-4H3. The molecule has 1 aliphatic rings. The lowest BCUT2D eigenvalue weighted by atomic mass is 10.1. The van der Waals surface area contributed by atoms with Crippen molar-refractivity contribution in [2.24, 2.45) is 5.92 Å². The monoisotopic (exact) mass is 276 g/mol. The van der Waals surface area contributed by atoms with Gasteiger partial charge in [0.05, 0.1) is 6.10 Å². The molecule has 0 aliphatic carbocycles. The summed E-state index contributed by atoms with van der Waals surface area (Å²) in [5.74, 6) is 0.688. The number of benzene rings is 1. The van der Waals surface area contributed by atoms with Gasteiger partial charge in [-0.05, 0) is 37.4 Å². The predicted octanol–water partition coefficient (Wildman–Crippen LogP) is 2.97. The fourth-order valence-electron chi connectivity index (χ4n) is 2.80. The van der Waals surface area contributed by atoms with E-state index in [4.69, 9.17) is 4.74 Å². The summed E-state index contributed by atoms with van der Waals surface area (Å²) in [7, 11) is 1.81. The molecule has 0 aromatic heterocycles. The summed E-state index contributed by atoms with van der Waals surface area (Å²) in [5, 5.41) is 3.56. The predicted molar refractivity (Wildman–Crippen MR) is 85.4 cm³/mol. The van der Waals surface area contributed by atoms with Crippen molar-refractivity contribution in [1.29, 1.82) is 0 Å². The second-order valence-corrected chi connectivity index (χ2v) is 6.25. The molecule has 2 rings (SSSR count). The van der Waals surface area contributed by atoms with Crippen LogP contribution in [0.5, 0.6) is 0 Å². The summed E-state index contributed by atoms with van der Waals surface area (Å²) in [6.07, 6.45) is 1.51. The SMILES string of the molecule is COC1CCN(c2ccc(C)cc2CNCC(C)C)C1. The maximum atomic E-state index is 5.48. The van der Waals surface area contributed by atoms with Crippen molar-refractivity contribution in [2.75, 3.05) is 31.6 Å². The Balaban J connectivity index is 2.07. The molecule has 1 fully saturated rings. The number of ether oxygens (including phenoxy) is 1. The second kappa shape index (κ2) is 7.09. The molecule has 1 heterocycles. The van der Waals surface area contributed by atoms with Gasteiger partial charge < -0.3 is 15.0 Å². The highest BCUT2D eigenvalue weighted by atomic mass is 16.5. The first-order chi connectivity index (χ1) is 9.60. The van der Waals surface area contributed by atoms with E-state index in [-0.39, 0.29) is 0 Å². The van der Waals surface area contributed by atoms with E-state index in [9.17, 15) is 0 Å². The van der Waals surface area contributed by atoms with Crippen molar-refractivity contribution in [3.05, 3.63) is 29.3 Å². The van der Waals surface area contributed by atoms with Crippen LogP contribution in [0, 0.1) is 12.8 Å². The number of rotatable bonds is 6. The molecule has 112 valence electrons. The number of nitrogens with zero attached hydrogens (tertiary/aromatic N) is 1. The average molecular weight is 276 g/mol. The average Bonchev–Trinajstić information content (AvgIpc) is 2.87. The minimum atomic E-state index is 0.382. The normalized spacial score (nSPS) is 19.1. The summed E-state index contributed by atoms with van der Waals surface area (Å²) in [4.78, 5) is 2.46. The lowest BCUT2D eigenvalue weighted by Crippen LogP contribution is -2.25. The molecule has 0 amide bonds. The quantitative estimate of drug-likeness (QED) is 0.864. The Hall–Kier alpha value is -1.06. The second-order valence-electron chi connectivity index (χ2n) is 6.25. The topological polar surface area (TPSA) is 24.5 Å². The fraction of sp³-hybridized carbons (Fsp3) is 0.647. The van der Waals surface area contributed by atoms with Gasteiger partial charge in [-0.1, -0.05) is 31.5 Å². The smallest absolute Gasteiger partial charge is 0.0762 e. The third-order valence-corrected chi connectivity index (χ3v) is 3.92. The van der Waals surface area contributed by atoms with Crippen LogP contribution < -0.4 is 10.2 Å². The molecule has 1 unspecified atom stereocenters. The highest BCUT2D eigenvalue weighted by Crippen LogP contribution is 2.26. The Morgan fingerprint density at radius 3 is 2.85 bits per heavy atom. The van der Waals surface area contributed by atoms with Crippen LogP contribution in [0.25, 0.3) is 0 Å². The molecule has 0 saturated carbocycles. The zero-order valence-electron chi connectivity index (χ0n) is 13.3. The zero-order chi connectivity index (χ0) is 14.5. The van der Waals surface area contributed by atoms with Gasteiger partial charge in [-0.2, -0.15) is 0 Å². The van der Waals surface area contributed by atoms with Crippen LogP contribution >= 0.6 is 0 Å². The summed E-state index contributed by atoms with van der Waals surface area (Å²) >= 11 is 0. The molecule has 0 bridgehead atoms. The van der Waals surface area contributed by atoms with Crippen molar-refractivity contribution in [3.63, 3.8) is 0 Å². The van der Waals surface area contributed by atoms with E-state index in [1.807, 2.05) is 7.11 Å². The first-order valence-corrected chi connectivity index (χ1v) is 7.68. The van der Waals surface area contributed by atoms with Gasteiger partial charge in [0.15, 0.2) is 0 Å². The van der Waals surface area contributed by atoms with Crippen LogP contribution in [0.15, 0.2) is 18.2 Å². The molecule has 0 radical (unpaired) electrons. The lowest BCUT2D eigenvalue weighted by Gasteiger charge is -2.23. The highest BCUT2D eigenvalue weighted by Gasteiger charge is 2.23. The van der Waals surface area contributed by atoms with Crippen LogP contribution in [-0.4, -0.2) is 32.8 Å². The van der Waals surface area contributed by atoms with Crippen molar-refractivity contribution in [3.8, 4) is 0 Å². The van der Waals surface area contributed by atoms with E-state index < -0.39 is 0 Å². The molecule has 20 heavy (non-hydrogen) atoms. The molecule has 1 aromatic rings. The van der Waals surface area contributed by atoms with E-state index in [1.165, 1.54) is 16.8 Å². The summed E-state index contributed by atoms with van der Waals surface area (Å²) in [6, 6.07) is 6.78. The minimum Gasteiger partial charge on any atom is -0.380 e. The molecule has 1 atom stereocenters. The Bertz CT molecular complexity index is 431. The van der Waals surface area contributed by atoms with Gasteiger partial charge >= 0.3 is 0 Å². The van der Waals surface area contributed by atoms with Crippen LogP contribution in [0.4, 0.5) is 5.69 Å². The van der Waals surface area contributed by atoms with Crippen molar-refractivity contribution in [1.82, 2.24) is 5.32 Å². The van der Waals surface area contributed by atoms with Crippen LogP contribution in [0.1, 0.15) is 31.4 Å². The summed E-state index contributed by atoms with van der Waals surface area (Å²) in [5.41, 5.74) is 4.10. The highest BCUT2D eigenvalue weighted by molar-refractivity contribution is 5.55. The molecular formula is C17H28N2O. The van der Waals surface area contributed by atoms with Crippen LogP contribution in [-0.2, 0) is 11.3 Å². The first-order valence-electron chi connectivity index (χ1n) is 7.68. The Morgan fingerprint density at radius 1 is 1.40 bits per heavy atom. The van der Waals surface area contributed by atoms with Crippen molar-refractivity contribution >= 4 is 5.69 Å². The van der Waals surface area contributed by atoms with Gasteiger partial charge in [0.2, 0.25) is 0 Å². The van der Waals surface area contributed by atoms with E-state index in [1.54, 1.807) is 0 Å². The molecule has 3 nitrogen and oxygen atoms in total. The van der Waals surface area contributed by atoms with Gasteiger partial charge in [-0.15, -0.1) is 0 Å². The Kier molecular flexibility index (Phi) is 5.44. The van der Waals surface area contributed by atoms with E-state index >= 15 is 0 Å². The molecule has 1 N–H and O–H groups in total. The molecule has 1 aliphatic heterocycles. The van der Waals surface area contributed by atoms with Gasteiger partial charge in [-0.25, -0.2) is 0 Å². The van der Waals surface area contributed by atoms with Crippen molar-refractivity contribution in [2.45, 2.75) is 39.8 Å². The Labute approximate surface area is 123 Å². The number of aryl methyl sites for hydroxylation is 1. The van der Waals surface area contributed by atoms with Gasteiger partial charge in [-0.3, -0.25) is 0 Å². The third kappa shape index (κ3) is 3.97. The molecule has 0 spiro atoms. The van der Waals surface area contributed by atoms with E-state index in [2.05, 4.69) is 49.2 Å². The number of methoxy groups -OCH3 is 1. The number of hydrogen-bond donors (Lipinski definition) is 1. The fourth-order valence-corrected chi connectivity index (χ4v) is 2.80. The minimum absolute atomic E-state index is 0.382. The van der Waals surface area contributed by atoms with Crippen LogP contribution in [0.2, 0.25) is 0 Å². The van der Waals surface area contributed by atoms with Crippen LogP contribution in [0.3, 0.4) is 0 Å². The number of nitrogens with one attached hydrogen (secondary N) is 1. The third-order valence-electron chi connectivity index (χ3n) is 3.92. The lowest BCUT2D eigenvalue weighted by molar-refractivity contribution is 0.121. The molecule has 1 aromatic carbocycles. The zero-order valence-corrected chi connectivity index (χ0v) is 13.3. The first kappa shape index (κ1) is 15.3. The molecule has 3 heteroatoms. The molecule has 1 saturated heterocycles. The number of anilines is 1.